The van der Waals surface area contributed by atoms with Crippen molar-refractivity contribution in [3.8, 4) is 0 Å². The van der Waals surface area contributed by atoms with Crippen LogP contribution in [0, 0.1) is 0 Å². The summed E-state index contributed by atoms with van der Waals surface area (Å²) in [6, 6.07) is 0.0442. The van der Waals surface area contributed by atoms with Gasteiger partial charge in [0, 0.05) is 6.20 Å². The maximum absolute atomic E-state index is 13.2. The first-order chi connectivity index (χ1) is 12.0. The molecule has 142 valence electrons. The largest absolute Gasteiger partial charge is 0.421 e. The molecule has 7 nitrogen and oxygen atoms in total. The molecule has 2 aromatic rings. The molecule has 0 aliphatic heterocycles. The van der Waals surface area contributed by atoms with Gasteiger partial charge in [-0.15, -0.1) is 0 Å². The number of anilines is 2. The van der Waals surface area contributed by atoms with E-state index in [1.165, 1.54) is 24.7 Å². The van der Waals surface area contributed by atoms with Gasteiger partial charge in [0.1, 0.15) is 11.4 Å². The highest BCUT2D eigenvalue weighted by atomic mass is 35.5. The molecule has 0 amide bonds. The van der Waals surface area contributed by atoms with E-state index in [0.29, 0.717) is 6.20 Å². The quantitative estimate of drug-likeness (QED) is 0.759. The van der Waals surface area contributed by atoms with E-state index < -0.39 is 37.9 Å². The molecule has 0 unspecified atom stereocenters. The normalized spacial score (nSPS) is 15.5. The Morgan fingerprint density at radius 1 is 1.35 bits per heavy atom. The lowest BCUT2D eigenvalue weighted by atomic mass is 10.3. The third-order valence-corrected chi connectivity index (χ3v) is 6.09. The van der Waals surface area contributed by atoms with Gasteiger partial charge in [-0.05, 0) is 38.3 Å². The fourth-order valence-electron chi connectivity index (χ4n) is 2.21. The minimum absolute atomic E-state index is 0.0442. The van der Waals surface area contributed by atoms with Gasteiger partial charge in [0.2, 0.25) is 20.1 Å². The molecule has 2 aromatic heterocycles. The summed E-state index contributed by atoms with van der Waals surface area (Å²) in [5.41, 5.74) is -1.24. The molecule has 1 aliphatic carbocycles. The van der Waals surface area contributed by atoms with Crippen LogP contribution < -0.4 is 5.32 Å². The van der Waals surface area contributed by atoms with Gasteiger partial charge in [-0.1, -0.05) is 0 Å². The number of alkyl halides is 3. The van der Waals surface area contributed by atoms with Crippen molar-refractivity contribution in [2.45, 2.75) is 49.2 Å². The Morgan fingerprint density at radius 2 is 2.00 bits per heavy atom. The lowest BCUT2D eigenvalue weighted by Gasteiger charge is -2.13. The minimum atomic E-state index is -4.74. The van der Waals surface area contributed by atoms with Crippen LogP contribution in [-0.4, -0.2) is 33.4 Å². The molecule has 0 atom stereocenters. The van der Waals surface area contributed by atoms with Gasteiger partial charge in [-0.3, -0.25) is 4.68 Å². The standard InChI is InChI=1S/C14H15ClF3N5O2S/c1-7(2)26(24,25)12-10(6-23(22-12)8-3-4-8)20-11-9(14(16,17)18)5-19-13(15)21-11/h5-8H,3-4H2,1-2H3,(H,19,20,21). The van der Waals surface area contributed by atoms with Crippen LogP contribution in [-0.2, 0) is 16.0 Å². The Labute approximate surface area is 152 Å². The molecule has 1 saturated carbocycles. The van der Waals surface area contributed by atoms with Crippen molar-refractivity contribution in [2.75, 3.05) is 5.32 Å². The van der Waals surface area contributed by atoms with Gasteiger partial charge < -0.3 is 5.32 Å². The zero-order valence-corrected chi connectivity index (χ0v) is 15.3. The van der Waals surface area contributed by atoms with E-state index in [4.69, 9.17) is 11.6 Å². The Hall–Kier alpha value is -1.88. The molecule has 0 saturated heterocycles. The van der Waals surface area contributed by atoms with Gasteiger partial charge in [0.15, 0.2) is 0 Å². The van der Waals surface area contributed by atoms with Crippen molar-refractivity contribution < 1.29 is 21.6 Å². The first-order valence-corrected chi connectivity index (χ1v) is 9.62. The second-order valence-electron chi connectivity index (χ2n) is 6.18. The summed E-state index contributed by atoms with van der Waals surface area (Å²) in [5.74, 6) is -0.631. The topological polar surface area (TPSA) is 89.8 Å². The fraction of sp³-hybridized carbons (Fsp3) is 0.500. The second-order valence-corrected chi connectivity index (χ2v) is 8.93. The number of halogens is 4. The van der Waals surface area contributed by atoms with Crippen molar-refractivity contribution in [3.63, 3.8) is 0 Å². The molecule has 1 fully saturated rings. The molecular weight excluding hydrogens is 395 g/mol. The molecule has 2 heterocycles. The van der Waals surface area contributed by atoms with Crippen molar-refractivity contribution >= 4 is 32.9 Å². The van der Waals surface area contributed by atoms with Crippen LogP contribution in [0.3, 0.4) is 0 Å². The molecule has 26 heavy (non-hydrogen) atoms. The average Bonchev–Trinajstić information content (AvgIpc) is 3.27. The Balaban J connectivity index is 2.10. The van der Waals surface area contributed by atoms with E-state index in [1.807, 2.05) is 0 Å². The van der Waals surface area contributed by atoms with Crippen LogP contribution >= 0.6 is 11.6 Å². The summed E-state index contributed by atoms with van der Waals surface area (Å²) in [7, 11) is -3.82. The average molecular weight is 410 g/mol. The SMILES string of the molecule is CC(C)S(=O)(=O)c1nn(C2CC2)cc1Nc1nc(Cl)ncc1C(F)(F)F. The molecule has 1 aliphatic rings. The molecule has 0 radical (unpaired) electrons. The van der Waals surface area contributed by atoms with E-state index in [2.05, 4.69) is 20.4 Å². The van der Waals surface area contributed by atoms with Crippen LogP contribution in [0.4, 0.5) is 24.7 Å². The summed E-state index contributed by atoms with van der Waals surface area (Å²) >= 11 is 5.61. The van der Waals surface area contributed by atoms with Gasteiger partial charge >= 0.3 is 6.18 Å². The van der Waals surface area contributed by atoms with Crippen molar-refractivity contribution in [1.82, 2.24) is 19.7 Å². The van der Waals surface area contributed by atoms with Crippen LogP contribution in [0.5, 0.6) is 0 Å². The van der Waals surface area contributed by atoms with Crippen LogP contribution in [0.15, 0.2) is 17.4 Å². The van der Waals surface area contributed by atoms with E-state index in [9.17, 15) is 21.6 Å². The number of aromatic nitrogens is 4. The predicted octanol–water partition coefficient (Wildman–Crippen LogP) is 3.61. The molecule has 0 spiro atoms. The highest BCUT2D eigenvalue weighted by Crippen LogP contribution is 2.39. The summed E-state index contributed by atoms with van der Waals surface area (Å²) in [5, 5.41) is 5.01. The summed E-state index contributed by atoms with van der Waals surface area (Å²) < 4.78 is 66.1. The number of rotatable bonds is 5. The van der Waals surface area contributed by atoms with E-state index in [1.54, 1.807) is 0 Å². The smallest absolute Gasteiger partial charge is 0.336 e. The van der Waals surface area contributed by atoms with Crippen LogP contribution in [0.2, 0.25) is 5.28 Å². The number of nitrogens with zero attached hydrogens (tertiary/aromatic N) is 4. The Kier molecular flexibility index (Phi) is 4.63. The Bertz CT molecular complexity index is 939. The monoisotopic (exact) mass is 409 g/mol. The molecule has 0 aromatic carbocycles. The number of nitrogens with one attached hydrogen (secondary N) is 1. The van der Waals surface area contributed by atoms with E-state index in [0.717, 1.165) is 12.8 Å². The van der Waals surface area contributed by atoms with Crippen LogP contribution in [0.1, 0.15) is 38.3 Å². The summed E-state index contributed by atoms with van der Waals surface area (Å²) in [6.07, 6.45) is -1.16. The fourth-order valence-corrected chi connectivity index (χ4v) is 3.41. The van der Waals surface area contributed by atoms with Gasteiger partial charge in [-0.25, -0.2) is 13.4 Å². The Morgan fingerprint density at radius 3 is 2.54 bits per heavy atom. The number of sulfone groups is 1. The highest BCUT2D eigenvalue weighted by molar-refractivity contribution is 7.92. The molecule has 12 heteroatoms. The van der Waals surface area contributed by atoms with Crippen molar-refractivity contribution in [2.24, 2.45) is 0 Å². The summed E-state index contributed by atoms with van der Waals surface area (Å²) in [6.45, 7) is 2.94. The second kappa shape index (κ2) is 6.38. The zero-order valence-electron chi connectivity index (χ0n) is 13.7. The maximum atomic E-state index is 13.2. The van der Waals surface area contributed by atoms with E-state index >= 15 is 0 Å². The number of hydrogen-bond donors (Lipinski definition) is 1. The van der Waals surface area contributed by atoms with E-state index in [-0.39, 0.29) is 16.8 Å². The molecule has 0 bridgehead atoms. The minimum Gasteiger partial charge on any atom is -0.336 e. The predicted molar refractivity (Wildman–Crippen MR) is 88.1 cm³/mol. The summed E-state index contributed by atoms with van der Waals surface area (Å²) in [4.78, 5) is 6.91. The van der Waals surface area contributed by atoms with Gasteiger partial charge in [-0.2, -0.15) is 23.3 Å². The van der Waals surface area contributed by atoms with Crippen molar-refractivity contribution in [1.29, 1.82) is 0 Å². The molecular formula is C14H15ClF3N5O2S. The first kappa shape index (κ1) is 18.9. The lowest BCUT2D eigenvalue weighted by molar-refractivity contribution is -0.137. The molecule has 3 rings (SSSR count). The first-order valence-electron chi connectivity index (χ1n) is 7.70. The van der Waals surface area contributed by atoms with Crippen LogP contribution in [0.25, 0.3) is 0 Å². The third-order valence-electron chi connectivity index (χ3n) is 3.83. The van der Waals surface area contributed by atoms with Crippen molar-refractivity contribution in [3.05, 3.63) is 23.2 Å². The third kappa shape index (κ3) is 3.63. The lowest BCUT2D eigenvalue weighted by Crippen LogP contribution is -2.17. The van der Waals surface area contributed by atoms with Gasteiger partial charge in [0.05, 0.1) is 23.2 Å². The number of hydrogen-bond acceptors (Lipinski definition) is 6. The molecule has 1 N–H and O–H groups in total. The highest BCUT2D eigenvalue weighted by Gasteiger charge is 2.37. The maximum Gasteiger partial charge on any atom is 0.421 e. The van der Waals surface area contributed by atoms with Gasteiger partial charge in [0.25, 0.3) is 0 Å². The zero-order chi connectivity index (χ0) is 19.3.